The molecule has 0 aliphatic carbocycles. The van der Waals surface area contributed by atoms with Gasteiger partial charge in [-0.1, -0.05) is 11.6 Å². The van der Waals surface area contributed by atoms with E-state index in [1.807, 2.05) is 26.0 Å². The molecule has 0 spiro atoms. The van der Waals surface area contributed by atoms with Gasteiger partial charge in [-0.2, -0.15) is 0 Å². The first kappa shape index (κ1) is 11.5. The molecule has 0 amide bonds. The molecule has 2 N–H and O–H groups in total. The summed E-state index contributed by atoms with van der Waals surface area (Å²) in [5, 5.41) is 0. The number of rotatable bonds is 2. The molecule has 0 unspecified atom stereocenters. The Labute approximate surface area is 103 Å². The zero-order valence-electron chi connectivity index (χ0n) is 9.12. The number of aryl methyl sites for hydroxylation is 1. The van der Waals surface area contributed by atoms with E-state index in [9.17, 15) is 0 Å². The average molecular weight is 254 g/mol. The maximum absolute atomic E-state index is 5.89. The summed E-state index contributed by atoms with van der Waals surface area (Å²) in [7, 11) is 0. The van der Waals surface area contributed by atoms with Crippen molar-refractivity contribution in [3.8, 4) is 10.7 Å². The summed E-state index contributed by atoms with van der Waals surface area (Å²) in [6, 6.07) is 3.78. The molecule has 0 radical (unpaired) electrons. The highest BCUT2D eigenvalue weighted by atomic mass is 35.5. The van der Waals surface area contributed by atoms with Gasteiger partial charge in [0.15, 0.2) is 5.82 Å². The molecule has 0 saturated heterocycles. The predicted octanol–water partition coefficient (Wildman–Crippen LogP) is 2.93. The lowest BCUT2D eigenvalue weighted by Crippen LogP contribution is -2.06. The summed E-state index contributed by atoms with van der Waals surface area (Å²) >= 11 is 7.37. The van der Waals surface area contributed by atoms with Crippen LogP contribution < -0.4 is 5.73 Å². The van der Waals surface area contributed by atoms with Crippen molar-refractivity contribution < 1.29 is 0 Å². The highest BCUT2D eigenvalue weighted by Crippen LogP contribution is 2.29. The Bertz CT molecular complexity index is 522. The third kappa shape index (κ3) is 2.09. The van der Waals surface area contributed by atoms with E-state index in [1.54, 1.807) is 0 Å². The van der Waals surface area contributed by atoms with Gasteiger partial charge < -0.3 is 5.73 Å². The lowest BCUT2D eigenvalue weighted by Gasteiger charge is -2.07. The van der Waals surface area contributed by atoms with E-state index in [2.05, 4.69) is 9.97 Å². The van der Waals surface area contributed by atoms with E-state index in [0.717, 1.165) is 26.2 Å². The zero-order valence-corrected chi connectivity index (χ0v) is 10.7. The Morgan fingerprint density at radius 3 is 2.62 bits per heavy atom. The fourth-order valence-corrected chi connectivity index (χ4v) is 2.41. The smallest absolute Gasteiger partial charge is 0.170 e. The van der Waals surface area contributed by atoms with Crippen LogP contribution in [0, 0.1) is 13.8 Å². The van der Waals surface area contributed by atoms with Crippen molar-refractivity contribution in [3.05, 3.63) is 33.4 Å². The molecule has 16 heavy (non-hydrogen) atoms. The van der Waals surface area contributed by atoms with Crippen molar-refractivity contribution in [2.45, 2.75) is 20.4 Å². The number of nitrogens with two attached hydrogens (primary N) is 1. The lowest BCUT2D eigenvalue weighted by atomic mass is 10.2. The van der Waals surface area contributed by atoms with Gasteiger partial charge in [-0.05, 0) is 31.5 Å². The number of hydrogen-bond acceptors (Lipinski definition) is 4. The van der Waals surface area contributed by atoms with Crippen LogP contribution in [-0.4, -0.2) is 9.97 Å². The molecule has 2 heterocycles. The van der Waals surface area contributed by atoms with Crippen LogP contribution in [-0.2, 0) is 6.54 Å². The first-order valence-corrected chi connectivity index (χ1v) is 6.11. The Hall–Kier alpha value is -0.970. The Morgan fingerprint density at radius 1 is 1.31 bits per heavy atom. The van der Waals surface area contributed by atoms with E-state index in [1.165, 1.54) is 11.3 Å². The van der Waals surface area contributed by atoms with Crippen molar-refractivity contribution in [2.24, 2.45) is 5.73 Å². The SMILES string of the molecule is Cc1nc(-c2ccc(Cl)s2)nc(CN)c1C. The fourth-order valence-electron chi connectivity index (χ4n) is 1.43. The molecule has 0 saturated carbocycles. The molecule has 5 heteroatoms. The van der Waals surface area contributed by atoms with Crippen LogP contribution in [0.4, 0.5) is 0 Å². The Balaban J connectivity index is 2.54. The molecule has 2 rings (SSSR count). The second-order valence-electron chi connectivity index (χ2n) is 3.51. The standard InChI is InChI=1S/C11H12ClN3S/c1-6-7(2)14-11(15-8(6)5-13)9-3-4-10(12)16-9/h3-4H,5,13H2,1-2H3. The van der Waals surface area contributed by atoms with Crippen LogP contribution in [0.1, 0.15) is 17.0 Å². The van der Waals surface area contributed by atoms with Crippen LogP contribution in [0.25, 0.3) is 10.7 Å². The van der Waals surface area contributed by atoms with Gasteiger partial charge in [0.05, 0.1) is 14.9 Å². The zero-order chi connectivity index (χ0) is 11.7. The van der Waals surface area contributed by atoms with Gasteiger partial charge in [-0.25, -0.2) is 9.97 Å². The lowest BCUT2D eigenvalue weighted by molar-refractivity contribution is 0.927. The molecule has 0 fully saturated rings. The van der Waals surface area contributed by atoms with Crippen molar-refractivity contribution in [1.29, 1.82) is 0 Å². The van der Waals surface area contributed by atoms with E-state index >= 15 is 0 Å². The molecule has 0 aromatic carbocycles. The first-order valence-electron chi connectivity index (χ1n) is 4.91. The second-order valence-corrected chi connectivity index (χ2v) is 5.23. The van der Waals surface area contributed by atoms with Gasteiger partial charge in [-0.3, -0.25) is 0 Å². The van der Waals surface area contributed by atoms with Gasteiger partial charge in [0.25, 0.3) is 0 Å². The minimum Gasteiger partial charge on any atom is -0.325 e. The van der Waals surface area contributed by atoms with Gasteiger partial charge in [0, 0.05) is 12.2 Å². The normalized spacial score (nSPS) is 10.8. The van der Waals surface area contributed by atoms with E-state index in [-0.39, 0.29) is 0 Å². The number of halogens is 1. The van der Waals surface area contributed by atoms with Gasteiger partial charge in [-0.15, -0.1) is 11.3 Å². The van der Waals surface area contributed by atoms with Crippen LogP contribution in [0.2, 0.25) is 4.34 Å². The summed E-state index contributed by atoms with van der Waals surface area (Å²) in [4.78, 5) is 9.88. The maximum atomic E-state index is 5.89. The maximum Gasteiger partial charge on any atom is 0.170 e. The van der Waals surface area contributed by atoms with Crippen molar-refractivity contribution in [1.82, 2.24) is 9.97 Å². The van der Waals surface area contributed by atoms with Crippen LogP contribution in [0.15, 0.2) is 12.1 Å². The van der Waals surface area contributed by atoms with Gasteiger partial charge >= 0.3 is 0 Å². The summed E-state index contributed by atoms with van der Waals surface area (Å²) in [6.07, 6.45) is 0. The molecular formula is C11H12ClN3S. The molecule has 0 atom stereocenters. The van der Waals surface area contributed by atoms with E-state index in [4.69, 9.17) is 17.3 Å². The first-order chi connectivity index (χ1) is 7.61. The van der Waals surface area contributed by atoms with Crippen LogP contribution in [0.5, 0.6) is 0 Å². The topological polar surface area (TPSA) is 51.8 Å². The highest BCUT2D eigenvalue weighted by Gasteiger charge is 2.10. The van der Waals surface area contributed by atoms with E-state index in [0.29, 0.717) is 12.4 Å². The molecule has 2 aromatic heterocycles. The summed E-state index contributed by atoms with van der Waals surface area (Å²) in [5.74, 6) is 0.709. The number of hydrogen-bond donors (Lipinski definition) is 1. The van der Waals surface area contributed by atoms with Crippen molar-refractivity contribution in [3.63, 3.8) is 0 Å². The van der Waals surface area contributed by atoms with Crippen molar-refractivity contribution in [2.75, 3.05) is 0 Å². The third-order valence-corrected chi connectivity index (χ3v) is 3.70. The van der Waals surface area contributed by atoms with Gasteiger partial charge in [0.1, 0.15) is 0 Å². The minimum absolute atomic E-state index is 0.432. The molecule has 84 valence electrons. The quantitative estimate of drug-likeness (QED) is 0.895. The summed E-state index contributed by atoms with van der Waals surface area (Å²) in [6.45, 7) is 4.39. The highest BCUT2D eigenvalue weighted by molar-refractivity contribution is 7.19. The number of thiophene rings is 1. The van der Waals surface area contributed by atoms with Crippen molar-refractivity contribution >= 4 is 22.9 Å². The minimum atomic E-state index is 0.432. The Morgan fingerprint density at radius 2 is 2.06 bits per heavy atom. The molecular weight excluding hydrogens is 242 g/mol. The fraction of sp³-hybridized carbons (Fsp3) is 0.273. The molecule has 0 aliphatic heterocycles. The molecule has 2 aromatic rings. The van der Waals surface area contributed by atoms with Crippen LogP contribution >= 0.6 is 22.9 Å². The Kier molecular flexibility index (Phi) is 3.23. The van der Waals surface area contributed by atoms with Crippen LogP contribution in [0.3, 0.4) is 0 Å². The average Bonchev–Trinajstić information content (AvgIpc) is 2.69. The summed E-state index contributed by atoms with van der Waals surface area (Å²) < 4.78 is 0.742. The number of nitrogens with zero attached hydrogens (tertiary/aromatic N) is 2. The monoisotopic (exact) mass is 253 g/mol. The third-order valence-electron chi connectivity index (χ3n) is 2.48. The molecule has 0 aliphatic rings. The second kappa shape index (κ2) is 4.49. The largest absolute Gasteiger partial charge is 0.325 e. The number of aromatic nitrogens is 2. The molecule has 3 nitrogen and oxygen atoms in total. The summed E-state index contributed by atoms with van der Waals surface area (Å²) in [5.41, 5.74) is 8.59. The molecule has 0 bridgehead atoms. The van der Waals surface area contributed by atoms with Gasteiger partial charge in [0.2, 0.25) is 0 Å². The van der Waals surface area contributed by atoms with E-state index < -0.39 is 0 Å². The predicted molar refractivity (Wildman–Crippen MR) is 67.7 cm³/mol.